The third kappa shape index (κ3) is 20.1. The van der Waals surface area contributed by atoms with Crippen LogP contribution in [0, 0.1) is 11.8 Å². The molecule has 1 fully saturated rings. The first-order chi connectivity index (χ1) is 30.6. The molecule has 1 aromatic rings. The van der Waals surface area contributed by atoms with E-state index in [1.165, 1.54) is 4.90 Å². The highest BCUT2D eigenvalue weighted by molar-refractivity contribution is 5.98. The number of carboxylic acids is 2. The van der Waals surface area contributed by atoms with Gasteiger partial charge in [-0.3, -0.25) is 47.9 Å². The summed E-state index contributed by atoms with van der Waals surface area (Å²) in [6.45, 7) is 7.01. The van der Waals surface area contributed by atoms with E-state index in [9.17, 15) is 58.2 Å². The highest BCUT2D eigenvalue weighted by Gasteiger charge is 2.37. The lowest BCUT2D eigenvalue weighted by molar-refractivity contribution is -0.142. The Morgan fingerprint density at radius 3 is 1.83 bits per heavy atom. The van der Waals surface area contributed by atoms with E-state index in [2.05, 4.69) is 31.9 Å². The normalized spacial score (nSPS) is 16.2. The van der Waals surface area contributed by atoms with Crippen LogP contribution in [0.2, 0.25) is 0 Å². The van der Waals surface area contributed by atoms with E-state index in [4.69, 9.17) is 17.2 Å². The Labute approximate surface area is 378 Å². The molecule has 1 saturated heterocycles. The van der Waals surface area contributed by atoms with Gasteiger partial charge in [0.2, 0.25) is 47.3 Å². The van der Waals surface area contributed by atoms with E-state index >= 15 is 0 Å². The van der Waals surface area contributed by atoms with Gasteiger partial charge in [-0.15, -0.1) is 0 Å². The van der Waals surface area contributed by atoms with Gasteiger partial charge in [0.05, 0.1) is 19.0 Å². The quantitative estimate of drug-likeness (QED) is 0.0393. The number of rotatable bonds is 29. The molecule has 22 nitrogen and oxygen atoms in total. The molecular weight excluding hydrogens is 849 g/mol. The van der Waals surface area contributed by atoms with Crippen LogP contribution in [0.25, 0.3) is 0 Å². The second-order valence-electron chi connectivity index (χ2n) is 17.0. The van der Waals surface area contributed by atoms with Crippen LogP contribution in [0.5, 0.6) is 0 Å². The van der Waals surface area contributed by atoms with E-state index in [1.54, 1.807) is 30.3 Å². The lowest BCUT2D eigenvalue weighted by Gasteiger charge is -2.28. The second kappa shape index (κ2) is 27.9. The van der Waals surface area contributed by atoms with Gasteiger partial charge in [-0.2, -0.15) is 0 Å². The summed E-state index contributed by atoms with van der Waals surface area (Å²) in [5.74, 6) is -9.21. The van der Waals surface area contributed by atoms with E-state index in [-0.39, 0.29) is 50.5 Å². The number of nitrogens with one attached hydrogen (secondary N) is 6. The van der Waals surface area contributed by atoms with Crippen LogP contribution in [0.3, 0.4) is 0 Å². The number of amides is 8. The Morgan fingerprint density at radius 2 is 1.26 bits per heavy atom. The molecule has 65 heavy (non-hydrogen) atoms. The highest BCUT2D eigenvalue weighted by atomic mass is 16.4. The largest absolute Gasteiger partial charge is 0.481 e. The van der Waals surface area contributed by atoms with Crippen LogP contribution in [0.1, 0.15) is 97.5 Å². The van der Waals surface area contributed by atoms with Gasteiger partial charge >= 0.3 is 11.9 Å². The van der Waals surface area contributed by atoms with Gasteiger partial charge < -0.3 is 64.2 Å². The SMILES string of the molecule is CC(C)C[C@H](NC(=O)[C@H](Cc1ccccc1)NC(=O)[C@H](CCCCN)NC(=O)[C@@H]1CCCN1C(=O)CNC(=O)[C@H](CC(=O)O)NC(=O)[C@H](CCC(=O)O)NC(=O)[C@@H](N)CC(C)C)C(N)=O. The monoisotopic (exact) mass is 917 g/mol. The molecule has 2 rings (SSSR count). The maximum Gasteiger partial charge on any atom is 0.305 e. The Hall–Kier alpha value is -6.16. The fourth-order valence-electron chi connectivity index (χ4n) is 7.16. The molecule has 0 radical (unpaired) electrons. The molecule has 0 saturated carbocycles. The first-order valence-corrected chi connectivity index (χ1v) is 21.9. The van der Waals surface area contributed by atoms with Crippen LogP contribution >= 0.6 is 0 Å². The first kappa shape index (κ1) is 55.0. The summed E-state index contributed by atoms with van der Waals surface area (Å²) >= 11 is 0. The molecule has 0 aromatic heterocycles. The van der Waals surface area contributed by atoms with Crippen molar-refractivity contribution in [1.82, 2.24) is 36.8 Å². The molecule has 7 atom stereocenters. The minimum absolute atomic E-state index is 0.00894. The molecule has 0 spiro atoms. The Kier molecular flexibility index (Phi) is 23.6. The average molecular weight is 917 g/mol. The number of hydrogen-bond acceptors (Lipinski definition) is 12. The van der Waals surface area contributed by atoms with Crippen molar-refractivity contribution < 1.29 is 58.2 Å². The summed E-state index contributed by atoms with van der Waals surface area (Å²) in [5, 5.41) is 33.7. The van der Waals surface area contributed by atoms with Crippen molar-refractivity contribution >= 4 is 59.2 Å². The lowest BCUT2D eigenvalue weighted by Crippen LogP contribution is -2.59. The number of carbonyl (C=O) groups is 10. The molecule has 0 bridgehead atoms. The number of nitrogens with zero attached hydrogens (tertiary/aromatic N) is 1. The Balaban J connectivity index is 2.22. The van der Waals surface area contributed by atoms with Crippen molar-refractivity contribution in [3.63, 3.8) is 0 Å². The molecule has 362 valence electrons. The highest BCUT2D eigenvalue weighted by Crippen LogP contribution is 2.19. The molecule has 1 aromatic carbocycles. The third-order valence-electron chi connectivity index (χ3n) is 10.5. The number of unbranched alkanes of at least 4 members (excludes halogenated alkanes) is 1. The van der Waals surface area contributed by atoms with Crippen molar-refractivity contribution in [1.29, 1.82) is 0 Å². The number of nitrogens with two attached hydrogens (primary N) is 3. The maximum atomic E-state index is 13.9. The van der Waals surface area contributed by atoms with E-state index in [0.717, 1.165) is 0 Å². The molecule has 0 unspecified atom stereocenters. The molecule has 22 heteroatoms. The zero-order chi connectivity index (χ0) is 48.8. The third-order valence-corrected chi connectivity index (χ3v) is 10.5. The number of carbonyl (C=O) groups excluding carboxylic acids is 8. The van der Waals surface area contributed by atoms with Crippen molar-refractivity contribution in [2.24, 2.45) is 29.0 Å². The summed E-state index contributed by atoms with van der Waals surface area (Å²) in [7, 11) is 0. The van der Waals surface area contributed by atoms with Gasteiger partial charge in [-0.25, -0.2) is 0 Å². The number of carboxylic acid groups (broad SMARTS) is 2. The van der Waals surface area contributed by atoms with Gasteiger partial charge in [0.15, 0.2) is 0 Å². The van der Waals surface area contributed by atoms with E-state index in [1.807, 2.05) is 27.7 Å². The average Bonchev–Trinajstić information content (AvgIpc) is 3.73. The topological polar surface area (TPSA) is 365 Å². The first-order valence-electron chi connectivity index (χ1n) is 21.9. The number of benzene rings is 1. The van der Waals surface area contributed by atoms with Crippen molar-refractivity contribution in [2.75, 3.05) is 19.6 Å². The van der Waals surface area contributed by atoms with Crippen LogP contribution in [-0.4, -0.2) is 136 Å². The van der Waals surface area contributed by atoms with Crippen LogP contribution in [0.15, 0.2) is 30.3 Å². The fourth-order valence-corrected chi connectivity index (χ4v) is 7.16. The van der Waals surface area contributed by atoms with Gasteiger partial charge in [-0.05, 0) is 75.3 Å². The van der Waals surface area contributed by atoms with E-state index in [0.29, 0.717) is 31.4 Å². The molecule has 1 aliphatic heterocycles. The minimum Gasteiger partial charge on any atom is -0.481 e. The fraction of sp³-hybridized carbons (Fsp3) is 0.628. The van der Waals surface area contributed by atoms with E-state index < -0.39 is 127 Å². The van der Waals surface area contributed by atoms with Crippen molar-refractivity contribution in [2.45, 2.75) is 141 Å². The number of aliphatic carboxylic acids is 2. The summed E-state index contributed by atoms with van der Waals surface area (Å²) < 4.78 is 0. The second-order valence-corrected chi connectivity index (χ2v) is 17.0. The molecule has 1 heterocycles. The van der Waals surface area contributed by atoms with Crippen LogP contribution in [0.4, 0.5) is 0 Å². The summed E-state index contributed by atoms with van der Waals surface area (Å²) in [4.78, 5) is 131. The zero-order valence-corrected chi connectivity index (χ0v) is 37.6. The molecule has 14 N–H and O–H groups in total. The Bertz CT molecular complexity index is 1810. The summed E-state index contributed by atoms with van der Waals surface area (Å²) in [6, 6.07) is 0.0690. The maximum absolute atomic E-state index is 13.9. The van der Waals surface area contributed by atoms with Crippen LogP contribution < -0.4 is 49.1 Å². The standard InChI is InChI=1S/C43H68N10O12/c1-24(2)19-27(45)38(60)48-29(15-16-35(55)56)41(63)52-32(22-36(57)58)39(61)47-23-34(54)53-18-10-14-33(53)43(65)49-28(13-8-9-17-44)40(62)51-31(21-26-11-6-5-7-12-26)42(64)50-30(37(46)59)20-25(3)4/h5-7,11-12,24-25,27-33H,8-10,13-23,44-45H2,1-4H3,(H2,46,59)(H,47,61)(H,48,60)(H,49,65)(H,50,64)(H,51,62)(H,52,63)(H,55,56)(H,57,58)/t27-,28-,29-,30-,31-,32-,33-/m0/s1. The number of hydrogen-bond donors (Lipinski definition) is 11. The predicted molar refractivity (Wildman–Crippen MR) is 236 cm³/mol. The van der Waals surface area contributed by atoms with Crippen molar-refractivity contribution in [3.05, 3.63) is 35.9 Å². The van der Waals surface area contributed by atoms with Gasteiger partial charge in [0, 0.05) is 19.4 Å². The van der Waals surface area contributed by atoms with Gasteiger partial charge in [0.1, 0.15) is 36.3 Å². The number of primary amides is 1. The smallest absolute Gasteiger partial charge is 0.305 e. The lowest BCUT2D eigenvalue weighted by atomic mass is 10.0. The molecule has 0 aliphatic carbocycles. The zero-order valence-electron chi connectivity index (χ0n) is 37.6. The van der Waals surface area contributed by atoms with Crippen molar-refractivity contribution in [3.8, 4) is 0 Å². The summed E-state index contributed by atoms with van der Waals surface area (Å²) in [6.07, 6.45) is 0.227. The predicted octanol–water partition coefficient (Wildman–Crippen LogP) is -1.87. The Morgan fingerprint density at radius 1 is 0.692 bits per heavy atom. The van der Waals surface area contributed by atoms with Crippen LogP contribution in [-0.2, 0) is 54.4 Å². The number of likely N-dealkylation sites (tertiary alicyclic amines) is 1. The molecule has 8 amide bonds. The summed E-state index contributed by atoms with van der Waals surface area (Å²) in [5.41, 5.74) is 17.9. The van der Waals surface area contributed by atoms with Gasteiger partial charge in [-0.1, -0.05) is 58.0 Å². The van der Waals surface area contributed by atoms with Gasteiger partial charge in [0.25, 0.3) is 0 Å². The molecular formula is C43H68N10O12. The molecule has 1 aliphatic rings. The minimum atomic E-state index is -1.77.